The van der Waals surface area contributed by atoms with E-state index in [2.05, 4.69) is 43.4 Å². The van der Waals surface area contributed by atoms with E-state index in [1.165, 1.54) is 16.1 Å². The maximum absolute atomic E-state index is 5.94. The first-order chi connectivity index (χ1) is 9.78. The van der Waals surface area contributed by atoms with E-state index in [1.54, 1.807) is 11.3 Å². The van der Waals surface area contributed by atoms with Gasteiger partial charge in [-0.15, -0.1) is 11.3 Å². The molecule has 3 atom stereocenters. The van der Waals surface area contributed by atoms with Crippen molar-refractivity contribution < 1.29 is 4.74 Å². The Morgan fingerprint density at radius 2 is 2.30 bits per heavy atom. The maximum Gasteiger partial charge on any atom is 0.0955 e. The number of hydrogen-bond donors (Lipinski definition) is 1. The van der Waals surface area contributed by atoms with Gasteiger partial charge in [-0.25, -0.2) is 4.98 Å². The molecule has 1 N–H and O–H groups in total. The molecule has 0 amide bonds. The summed E-state index contributed by atoms with van der Waals surface area (Å²) in [7, 11) is 0. The molecule has 0 bridgehead atoms. The highest BCUT2D eigenvalue weighted by Crippen LogP contribution is 2.27. The predicted octanol–water partition coefficient (Wildman–Crippen LogP) is 3.24. The lowest BCUT2D eigenvalue weighted by atomic mass is 9.95. The molecule has 4 heteroatoms. The van der Waals surface area contributed by atoms with Gasteiger partial charge in [0.15, 0.2) is 0 Å². The molecule has 0 aliphatic carbocycles. The molecule has 1 aromatic heterocycles. The topological polar surface area (TPSA) is 34.2 Å². The van der Waals surface area contributed by atoms with Crippen molar-refractivity contribution in [3.05, 3.63) is 29.3 Å². The fourth-order valence-corrected chi connectivity index (χ4v) is 4.02. The summed E-state index contributed by atoms with van der Waals surface area (Å²) in [5.41, 5.74) is 1.11. The van der Waals surface area contributed by atoms with Crippen LogP contribution in [0.15, 0.2) is 24.3 Å². The van der Waals surface area contributed by atoms with Gasteiger partial charge in [0.1, 0.15) is 0 Å². The Labute approximate surface area is 124 Å². The first-order valence-corrected chi connectivity index (χ1v) is 8.29. The van der Waals surface area contributed by atoms with E-state index in [9.17, 15) is 0 Å². The van der Waals surface area contributed by atoms with Crippen LogP contribution in [0.4, 0.5) is 0 Å². The van der Waals surface area contributed by atoms with E-state index in [-0.39, 0.29) is 0 Å². The fraction of sp³-hybridized carbons (Fsp3) is 0.562. The van der Waals surface area contributed by atoms with Crippen molar-refractivity contribution in [1.29, 1.82) is 0 Å². The smallest absolute Gasteiger partial charge is 0.0955 e. The molecule has 1 aromatic carbocycles. The number of benzene rings is 1. The Bertz CT molecular complexity index is 535. The van der Waals surface area contributed by atoms with Crippen molar-refractivity contribution in [2.24, 2.45) is 5.92 Å². The van der Waals surface area contributed by atoms with Crippen molar-refractivity contribution in [2.75, 3.05) is 13.2 Å². The average Bonchev–Trinajstić information content (AvgIpc) is 3.03. The lowest BCUT2D eigenvalue weighted by Crippen LogP contribution is -2.43. The second-order valence-electron chi connectivity index (χ2n) is 5.54. The lowest BCUT2D eigenvalue weighted by Gasteiger charge is -2.26. The second kappa shape index (κ2) is 6.20. The van der Waals surface area contributed by atoms with Crippen LogP contribution in [0.1, 0.15) is 25.3 Å². The van der Waals surface area contributed by atoms with Crippen molar-refractivity contribution >= 4 is 21.6 Å². The number of aromatic nitrogens is 1. The summed E-state index contributed by atoms with van der Waals surface area (Å²) in [6, 6.07) is 8.74. The predicted molar refractivity (Wildman–Crippen MR) is 84.3 cm³/mol. The number of para-hydroxylation sites is 1. The quantitative estimate of drug-likeness (QED) is 0.918. The van der Waals surface area contributed by atoms with Crippen LogP contribution in [-0.4, -0.2) is 30.3 Å². The van der Waals surface area contributed by atoms with E-state index in [4.69, 9.17) is 9.72 Å². The zero-order chi connectivity index (χ0) is 13.9. The second-order valence-corrected chi connectivity index (χ2v) is 6.66. The van der Waals surface area contributed by atoms with Crippen molar-refractivity contribution in [1.82, 2.24) is 10.3 Å². The molecule has 0 saturated carbocycles. The van der Waals surface area contributed by atoms with Crippen molar-refractivity contribution in [3.8, 4) is 0 Å². The summed E-state index contributed by atoms with van der Waals surface area (Å²) in [4.78, 5) is 4.75. The van der Waals surface area contributed by atoms with Gasteiger partial charge in [-0.3, -0.25) is 0 Å². The third kappa shape index (κ3) is 2.87. The van der Waals surface area contributed by atoms with Crippen LogP contribution in [0.25, 0.3) is 10.2 Å². The van der Waals surface area contributed by atoms with Gasteiger partial charge in [0, 0.05) is 19.1 Å². The van der Waals surface area contributed by atoms with Gasteiger partial charge >= 0.3 is 0 Å². The van der Waals surface area contributed by atoms with Crippen LogP contribution >= 0.6 is 11.3 Å². The molecule has 2 aromatic rings. The highest BCUT2D eigenvalue weighted by atomic mass is 32.1. The Morgan fingerprint density at radius 1 is 1.45 bits per heavy atom. The summed E-state index contributed by atoms with van der Waals surface area (Å²) in [5.74, 6) is 0.633. The number of nitrogens with zero attached hydrogens (tertiary/aromatic N) is 1. The molecule has 3 rings (SSSR count). The van der Waals surface area contributed by atoms with E-state index < -0.39 is 0 Å². The van der Waals surface area contributed by atoms with Crippen LogP contribution in [-0.2, 0) is 11.2 Å². The standard InChI is InChI=1S/C16H22N2OS/c1-3-17-13(16-11(2)8-9-19-16)10-15-18-12-6-4-5-7-14(12)20-15/h4-7,11,13,16-17H,3,8-10H2,1-2H3. The van der Waals surface area contributed by atoms with Gasteiger partial charge in [0.05, 0.1) is 21.3 Å². The molecule has 0 radical (unpaired) electrons. The Kier molecular flexibility index (Phi) is 4.34. The zero-order valence-corrected chi connectivity index (χ0v) is 13.0. The number of fused-ring (bicyclic) bond motifs is 1. The Balaban J connectivity index is 1.78. The number of likely N-dealkylation sites (N-methyl/N-ethyl adjacent to an activating group) is 1. The number of nitrogens with one attached hydrogen (secondary N) is 1. The van der Waals surface area contributed by atoms with Crippen LogP contribution in [0.3, 0.4) is 0 Å². The molecular weight excluding hydrogens is 268 g/mol. The van der Waals surface area contributed by atoms with Gasteiger partial charge in [0.25, 0.3) is 0 Å². The molecule has 1 saturated heterocycles. The molecular formula is C16H22N2OS. The van der Waals surface area contributed by atoms with Crippen LogP contribution in [0.5, 0.6) is 0 Å². The van der Waals surface area contributed by atoms with Crippen molar-refractivity contribution in [2.45, 2.75) is 38.8 Å². The number of rotatable bonds is 5. The third-order valence-electron chi connectivity index (χ3n) is 4.04. The third-order valence-corrected chi connectivity index (χ3v) is 5.10. The minimum Gasteiger partial charge on any atom is -0.376 e. The SMILES string of the molecule is CCNC(Cc1nc2ccccc2s1)C1OCCC1C. The number of hydrogen-bond acceptors (Lipinski definition) is 4. The van der Waals surface area contributed by atoms with E-state index in [1.807, 2.05) is 0 Å². The highest BCUT2D eigenvalue weighted by Gasteiger charge is 2.32. The lowest BCUT2D eigenvalue weighted by molar-refractivity contribution is 0.0615. The van der Waals surface area contributed by atoms with E-state index in [0.29, 0.717) is 18.1 Å². The zero-order valence-electron chi connectivity index (χ0n) is 12.1. The summed E-state index contributed by atoms with van der Waals surface area (Å²) in [5, 5.41) is 4.80. The Morgan fingerprint density at radius 3 is 3.00 bits per heavy atom. The molecule has 0 spiro atoms. The highest BCUT2D eigenvalue weighted by molar-refractivity contribution is 7.18. The van der Waals surface area contributed by atoms with Crippen molar-refractivity contribution in [3.63, 3.8) is 0 Å². The van der Waals surface area contributed by atoms with Crippen LogP contribution in [0.2, 0.25) is 0 Å². The minimum atomic E-state index is 0.321. The van der Waals surface area contributed by atoms with Crippen LogP contribution in [0, 0.1) is 5.92 Å². The molecule has 1 aliphatic rings. The first-order valence-electron chi connectivity index (χ1n) is 7.47. The summed E-state index contributed by atoms with van der Waals surface area (Å²) >= 11 is 1.80. The average molecular weight is 290 g/mol. The molecule has 2 heterocycles. The monoisotopic (exact) mass is 290 g/mol. The largest absolute Gasteiger partial charge is 0.376 e. The normalized spacial score (nSPS) is 24.3. The molecule has 20 heavy (non-hydrogen) atoms. The van der Waals surface area contributed by atoms with Gasteiger partial charge in [-0.2, -0.15) is 0 Å². The molecule has 1 aliphatic heterocycles. The molecule has 3 unspecified atom stereocenters. The fourth-order valence-electron chi connectivity index (χ4n) is 2.99. The summed E-state index contributed by atoms with van der Waals surface area (Å²) < 4.78 is 7.22. The minimum absolute atomic E-state index is 0.321. The molecule has 3 nitrogen and oxygen atoms in total. The summed E-state index contributed by atoms with van der Waals surface area (Å²) in [6.45, 7) is 6.32. The van der Waals surface area contributed by atoms with Crippen LogP contribution < -0.4 is 5.32 Å². The van der Waals surface area contributed by atoms with Gasteiger partial charge in [-0.05, 0) is 31.0 Å². The first kappa shape index (κ1) is 14.0. The Hall–Kier alpha value is -0.970. The molecule has 1 fully saturated rings. The van der Waals surface area contributed by atoms with E-state index in [0.717, 1.165) is 25.1 Å². The van der Waals surface area contributed by atoms with Gasteiger partial charge < -0.3 is 10.1 Å². The van der Waals surface area contributed by atoms with Gasteiger partial charge in [-0.1, -0.05) is 26.0 Å². The molecule has 108 valence electrons. The summed E-state index contributed by atoms with van der Waals surface area (Å²) in [6.07, 6.45) is 2.45. The number of thiazole rings is 1. The number of ether oxygens (including phenoxy) is 1. The van der Waals surface area contributed by atoms with Gasteiger partial charge in [0.2, 0.25) is 0 Å². The van der Waals surface area contributed by atoms with E-state index >= 15 is 0 Å². The maximum atomic E-state index is 5.94.